The number of hydrogen-bond donors (Lipinski definition) is 0. The summed E-state index contributed by atoms with van der Waals surface area (Å²) in [6.45, 7) is 4.23. The Bertz CT molecular complexity index is 436. The first-order chi connectivity index (χ1) is 12.6. The fourth-order valence-electron chi connectivity index (χ4n) is 3.52. The second kappa shape index (κ2) is 13.8. The molecule has 0 spiro atoms. The number of nitrogens with zero attached hydrogens (tertiary/aromatic N) is 1. The summed E-state index contributed by atoms with van der Waals surface area (Å²) in [5.41, 5.74) is 0. The smallest absolute Gasteiger partial charge is 0.329 e. The van der Waals surface area contributed by atoms with Crippen LogP contribution in [-0.2, 0) is 19.1 Å². The molecule has 0 aromatic carbocycles. The highest BCUT2D eigenvalue weighted by Crippen LogP contribution is 2.22. The number of esters is 1. The summed E-state index contributed by atoms with van der Waals surface area (Å²) in [5, 5.41) is 0. The number of likely N-dealkylation sites (tertiary alicyclic amines) is 1. The number of carbonyl (C=O) groups is 3. The van der Waals surface area contributed by atoms with Crippen LogP contribution in [0.25, 0.3) is 0 Å². The predicted molar refractivity (Wildman–Crippen MR) is 103 cm³/mol. The molecule has 0 N–H and O–H groups in total. The van der Waals surface area contributed by atoms with Gasteiger partial charge in [0.05, 0.1) is 6.61 Å². The van der Waals surface area contributed by atoms with Crippen LogP contribution in [0.3, 0.4) is 0 Å². The van der Waals surface area contributed by atoms with Gasteiger partial charge in [0, 0.05) is 12.8 Å². The Morgan fingerprint density at radius 2 is 1.46 bits per heavy atom. The van der Waals surface area contributed by atoms with E-state index in [9.17, 15) is 14.4 Å². The SMILES string of the molecule is CCCCCCCCCCCCCC(=O)N1C(=O)CC[C@@H]1C(=O)OCC. The van der Waals surface area contributed by atoms with Crippen LogP contribution in [0, 0.1) is 0 Å². The number of ether oxygens (including phenoxy) is 1. The van der Waals surface area contributed by atoms with E-state index in [1.54, 1.807) is 6.92 Å². The zero-order valence-corrected chi connectivity index (χ0v) is 16.8. The molecule has 5 nitrogen and oxygen atoms in total. The van der Waals surface area contributed by atoms with Gasteiger partial charge in [-0.25, -0.2) is 4.79 Å². The Labute approximate surface area is 158 Å². The van der Waals surface area contributed by atoms with Gasteiger partial charge in [0.25, 0.3) is 0 Å². The molecule has 5 heteroatoms. The van der Waals surface area contributed by atoms with Crippen LogP contribution in [0.1, 0.15) is 104 Å². The molecule has 0 aromatic rings. The molecule has 0 radical (unpaired) electrons. The molecule has 1 saturated heterocycles. The number of imide groups is 1. The van der Waals surface area contributed by atoms with Gasteiger partial charge in [-0.3, -0.25) is 14.5 Å². The normalized spacial score (nSPS) is 16.9. The second-order valence-corrected chi connectivity index (χ2v) is 7.25. The Hall–Kier alpha value is -1.39. The number of carbonyl (C=O) groups excluding carboxylic acids is 3. The minimum atomic E-state index is -0.706. The van der Waals surface area contributed by atoms with Crippen molar-refractivity contribution in [1.29, 1.82) is 0 Å². The number of unbranched alkanes of at least 4 members (excludes halogenated alkanes) is 10. The first kappa shape index (κ1) is 22.7. The van der Waals surface area contributed by atoms with E-state index >= 15 is 0 Å². The van der Waals surface area contributed by atoms with E-state index in [0.29, 0.717) is 12.8 Å². The summed E-state index contributed by atoms with van der Waals surface area (Å²) in [6.07, 6.45) is 14.4. The van der Waals surface area contributed by atoms with Gasteiger partial charge in [0.2, 0.25) is 11.8 Å². The van der Waals surface area contributed by atoms with Crippen LogP contribution < -0.4 is 0 Å². The molecule has 1 rings (SSSR count). The van der Waals surface area contributed by atoms with E-state index in [0.717, 1.165) is 24.2 Å². The molecule has 0 aliphatic carbocycles. The Morgan fingerprint density at radius 1 is 0.923 bits per heavy atom. The summed E-state index contributed by atoms with van der Waals surface area (Å²) in [5.74, 6) is -0.914. The lowest BCUT2D eigenvalue weighted by atomic mass is 10.1. The first-order valence-corrected chi connectivity index (χ1v) is 10.6. The topological polar surface area (TPSA) is 63.7 Å². The van der Waals surface area contributed by atoms with Crippen LogP contribution in [0.15, 0.2) is 0 Å². The highest BCUT2D eigenvalue weighted by Gasteiger charge is 2.40. The van der Waals surface area contributed by atoms with Crippen molar-refractivity contribution < 1.29 is 19.1 Å². The highest BCUT2D eigenvalue weighted by molar-refractivity contribution is 6.01. The molecule has 150 valence electrons. The minimum absolute atomic E-state index is 0.221. The van der Waals surface area contributed by atoms with Gasteiger partial charge < -0.3 is 4.74 Å². The van der Waals surface area contributed by atoms with Crippen molar-refractivity contribution in [1.82, 2.24) is 4.90 Å². The number of hydrogen-bond acceptors (Lipinski definition) is 4. The first-order valence-electron chi connectivity index (χ1n) is 10.6. The third-order valence-corrected chi connectivity index (χ3v) is 5.03. The van der Waals surface area contributed by atoms with Crippen LogP contribution in [0.4, 0.5) is 0 Å². The second-order valence-electron chi connectivity index (χ2n) is 7.25. The molecule has 1 aliphatic heterocycles. The number of amides is 2. The van der Waals surface area contributed by atoms with Gasteiger partial charge in [-0.15, -0.1) is 0 Å². The zero-order chi connectivity index (χ0) is 19.2. The average molecular weight is 368 g/mol. The Kier molecular flexibility index (Phi) is 12.0. The summed E-state index contributed by atoms with van der Waals surface area (Å²) < 4.78 is 4.98. The molecule has 0 saturated carbocycles. The molecule has 1 heterocycles. The largest absolute Gasteiger partial charge is 0.464 e. The number of rotatable bonds is 14. The van der Waals surface area contributed by atoms with Crippen LogP contribution in [-0.4, -0.2) is 35.3 Å². The van der Waals surface area contributed by atoms with Crippen molar-refractivity contribution in [2.45, 2.75) is 110 Å². The van der Waals surface area contributed by atoms with Crippen molar-refractivity contribution in [3.05, 3.63) is 0 Å². The monoisotopic (exact) mass is 367 g/mol. The maximum absolute atomic E-state index is 12.3. The van der Waals surface area contributed by atoms with E-state index < -0.39 is 12.0 Å². The van der Waals surface area contributed by atoms with E-state index in [1.165, 1.54) is 51.4 Å². The van der Waals surface area contributed by atoms with Crippen molar-refractivity contribution in [3.8, 4) is 0 Å². The lowest BCUT2D eigenvalue weighted by molar-refractivity contribution is -0.157. The summed E-state index contributed by atoms with van der Waals surface area (Å²) in [7, 11) is 0. The summed E-state index contributed by atoms with van der Waals surface area (Å²) >= 11 is 0. The van der Waals surface area contributed by atoms with Gasteiger partial charge in [-0.05, 0) is 19.8 Å². The van der Waals surface area contributed by atoms with Crippen LogP contribution in [0.5, 0.6) is 0 Å². The molecule has 0 bridgehead atoms. The van der Waals surface area contributed by atoms with Crippen LogP contribution >= 0.6 is 0 Å². The molecule has 0 aromatic heterocycles. The molecule has 0 unspecified atom stereocenters. The van der Waals surface area contributed by atoms with Crippen LogP contribution in [0.2, 0.25) is 0 Å². The Morgan fingerprint density at radius 3 is 2.00 bits per heavy atom. The zero-order valence-electron chi connectivity index (χ0n) is 16.8. The summed E-state index contributed by atoms with van der Waals surface area (Å²) in [6, 6.07) is -0.706. The standard InChI is InChI=1S/C21H37NO4/c1-3-5-6-7-8-9-10-11-12-13-14-15-19(23)22-18(16-17-20(22)24)21(25)26-4-2/h18H,3-17H2,1-2H3/t18-/m1/s1. The van der Waals surface area contributed by atoms with Gasteiger partial charge in [0.1, 0.15) is 6.04 Å². The van der Waals surface area contributed by atoms with Gasteiger partial charge >= 0.3 is 5.97 Å². The van der Waals surface area contributed by atoms with E-state index in [2.05, 4.69) is 6.92 Å². The molecule has 26 heavy (non-hydrogen) atoms. The predicted octanol–water partition coefficient (Wildman–Crippen LogP) is 4.77. The third-order valence-electron chi connectivity index (χ3n) is 5.03. The molecular weight excluding hydrogens is 330 g/mol. The van der Waals surface area contributed by atoms with Crippen molar-refractivity contribution in [2.75, 3.05) is 6.61 Å². The van der Waals surface area contributed by atoms with E-state index in [-0.39, 0.29) is 24.8 Å². The van der Waals surface area contributed by atoms with E-state index in [1.807, 2.05) is 0 Å². The summed E-state index contributed by atoms with van der Waals surface area (Å²) in [4.78, 5) is 37.3. The van der Waals surface area contributed by atoms with E-state index in [4.69, 9.17) is 4.74 Å². The Balaban J connectivity index is 2.12. The van der Waals surface area contributed by atoms with Gasteiger partial charge in [-0.2, -0.15) is 0 Å². The lowest BCUT2D eigenvalue weighted by Crippen LogP contribution is -2.43. The molecule has 1 atom stereocenters. The maximum Gasteiger partial charge on any atom is 0.329 e. The molecule has 1 fully saturated rings. The third kappa shape index (κ3) is 8.33. The van der Waals surface area contributed by atoms with Gasteiger partial charge in [0.15, 0.2) is 0 Å². The molecular formula is C21H37NO4. The minimum Gasteiger partial charge on any atom is -0.464 e. The van der Waals surface area contributed by atoms with Crippen molar-refractivity contribution in [3.63, 3.8) is 0 Å². The maximum atomic E-state index is 12.3. The molecule has 1 aliphatic rings. The molecule has 2 amide bonds. The fourth-order valence-corrected chi connectivity index (χ4v) is 3.52. The highest BCUT2D eigenvalue weighted by atomic mass is 16.5. The average Bonchev–Trinajstić information content (AvgIpc) is 3.01. The van der Waals surface area contributed by atoms with Crippen molar-refractivity contribution in [2.24, 2.45) is 0 Å². The fraction of sp³-hybridized carbons (Fsp3) is 0.857. The quantitative estimate of drug-likeness (QED) is 0.328. The van der Waals surface area contributed by atoms with Crippen molar-refractivity contribution >= 4 is 17.8 Å². The lowest BCUT2D eigenvalue weighted by Gasteiger charge is -2.21. The van der Waals surface area contributed by atoms with Gasteiger partial charge in [-0.1, -0.05) is 71.1 Å².